The van der Waals surface area contributed by atoms with Crippen molar-refractivity contribution in [3.05, 3.63) is 63.9 Å². The summed E-state index contributed by atoms with van der Waals surface area (Å²) in [4.78, 5) is 10.8. The SMILES string of the molecule is CC(C)(CC(O)(C(=O)O)C(F)(F)F)c1cc(F)ccc1O.Clc1cccc(Cl)c1. The Balaban J connectivity index is 0.000000436. The van der Waals surface area contributed by atoms with Crippen LogP contribution in [0.2, 0.25) is 10.0 Å². The highest BCUT2D eigenvalue weighted by molar-refractivity contribution is 6.34. The second kappa shape index (κ2) is 9.19. The molecule has 0 bridgehead atoms. The van der Waals surface area contributed by atoms with Crippen LogP contribution >= 0.6 is 23.2 Å². The second-order valence-electron chi connectivity index (χ2n) is 6.83. The van der Waals surface area contributed by atoms with E-state index in [0.717, 1.165) is 18.2 Å². The molecule has 0 spiro atoms. The molecule has 0 aliphatic carbocycles. The molecule has 0 radical (unpaired) electrons. The number of hydrogen-bond donors (Lipinski definition) is 3. The van der Waals surface area contributed by atoms with Crippen LogP contribution in [0, 0.1) is 5.82 Å². The van der Waals surface area contributed by atoms with Crippen molar-refractivity contribution in [3.63, 3.8) is 0 Å². The predicted octanol–water partition coefficient (Wildman–Crippen LogP) is 5.57. The van der Waals surface area contributed by atoms with Crippen LogP contribution in [0.25, 0.3) is 0 Å². The molecule has 0 amide bonds. The van der Waals surface area contributed by atoms with E-state index in [-0.39, 0.29) is 5.56 Å². The molecular weight excluding hydrogens is 439 g/mol. The van der Waals surface area contributed by atoms with Crippen LogP contribution in [0.4, 0.5) is 17.6 Å². The van der Waals surface area contributed by atoms with Crippen molar-refractivity contribution in [2.45, 2.75) is 37.5 Å². The van der Waals surface area contributed by atoms with E-state index in [1.807, 2.05) is 6.07 Å². The number of aliphatic carboxylic acids is 1. The number of phenols is 1. The van der Waals surface area contributed by atoms with Gasteiger partial charge in [0.15, 0.2) is 0 Å². The number of halogens is 6. The van der Waals surface area contributed by atoms with E-state index in [1.54, 1.807) is 18.2 Å². The van der Waals surface area contributed by atoms with Crippen molar-refractivity contribution in [2.75, 3.05) is 0 Å². The largest absolute Gasteiger partial charge is 0.508 e. The molecule has 0 heterocycles. The summed E-state index contributed by atoms with van der Waals surface area (Å²) in [5.41, 5.74) is -5.88. The lowest BCUT2D eigenvalue weighted by atomic mass is 9.74. The summed E-state index contributed by atoms with van der Waals surface area (Å²) in [6, 6.07) is 9.73. The predicted molar refractivity (Wildman–Crippen MR) is 101 cm³/mol. The van der Waals surface area contributed by atoms with Gasteiger partial charge in [-0.2, -0.15) is 13.2 Å². The Labute approximate surface area is 174 Å². The van der Waals surface area contributed by atoms with Gasteiger partial charge in [-0.25, -0.2) is 9.18 Å². The topological polar surface area (TPSA) is 77.8 Å². The summed E-state index contributed by atoms with van der Waals surface area (Å²) in [7, 11) is 0. The molecule has 2 aromatic rings. The third-order valence-corrected chi connectivity index (χ3v) is 4.47. The van der Waals surface area contributed by atoms with Gasteiger partial charge in [0.05, 0.1) is 0 Å². The van der Waals surface area contributed by atoms with Gasteiger partial charge >= 0.3 is 12.1 Å². The van der Waals surface area contributed by atoms with Gasteiger partial charge in [-0.05, 0) is 41.8 Å². The molecule has 0 saturated carbocycles. The molecule has 2 rings (SSSR count). The molecule has 4 nitrogen and oxygen atoms in total. The minimum atomic E-state index is -5.42. The van der Waals surface area contributed by atoms with E-state index in [9.17, 15) is 32.6 Å². The third kappa shape index (κ3) is 6.48. The summed E-state index contributed by atoms with van der Waals surface area (Å²) in [5.74, 6) is -3.75. The third-order valence-electron chi connectivity index (χ3n) is 3.99. The Morgan fingerprint density at radius 1 is 1.03 bits per heavy atom. The number of rotatable bonds is 4. The summed E-state index contributed by atoms with van der Waals surface area (Å²) < 4.78 is 51.6. The minimum Gasteiger partial charge on any atom is -0.508 e. The Bertz CT molecular complexity index is 854. The zero-order valence-corrected chi connectivity index (χ0v) is 16.8. The first-order valence-corrected chi connectivity index (χ1v) is 8.78. The normalized spacial score (nSPS) is 13.8. The van der Waals surface area contributed by atoms with Gasteiger partial charge in [0.2, 0.25) is 0 Å². The van der Waals surface area contributed by atoms with E-state index in [0.29, 0.717) is 10.0 Å². The molecule has 0 aromatic heterocycles. The molecule has 0 fully saturated rings. The molecule has 0 aliphatic rings. The minimum absolute atomic E-state index is 0.230. The molecule has 160 valence electrons. The van der Waals surface area contributed by atoms with Crippen molar-refractivity contribution < 1.29 is 37.7 Å². The van der Waals surface area contributed by atoms with Crippen LogP contribution in [-0.2, 0) is 10.2 Å². The molecule has 2 aromatic carbocycles. The summed E-state index contributed by atoms with van der Waals surface area (Å²) >= 11 is 11.1. The molecule has 1 unspecified atom stereocenters. The first-order chi connectivity index (χ1) is 13.1. The fourth-order valence-corrected chi connectivity index (χ4v) is 2.98. The molecule has 0 aliphatic heterocycles. The number of carbonyl (C=O) groups is 1. The van der Waals surface area contributed by atoms with Crippen molar-refractivity contribution in [3.8, 4) is 5.75 Å². The molecular formula is C19H18Cl2F4O4. The average Bonchev–Trinajstić information content (AvgIpc) is 2.55. The van der Waals surface area contributed by atoms with Crippen molar-refractivity contribution in [1.82, 2.24) is 0 Å². The van der Waals surface area contributed by atoms with E-state index in [4.69, 9.17) is 28.3 Å². The van der Waals surface area contributed by atoms with Crippen molar-refractivity contribution in [2.24, 2.45) is 0 Å². The highest BCUT2D eigenvalue weighted by Gasteiger charge is 2.62. The number of carboxylic acid groups (broad SMARTS) is 1. The van der Waals surface area contributed by atoms with Crippen LogP contribution < -0.4 is 0 Å². The molecule has 1 atom stereocenters. The fraction of sp³-hybridized carbons (Fsp3) is 0.316. The summed E-state index contributed by atoms with van der Waals surface area (Å²) in [6.45, 7) is 2.34. The average molecular weight is 457 g/mol. The fourth-order valence-electron chi connectivity index (χ4n) is 2.54. The van der Waals surface area contributed by atoms with Gasteiger partial charge in [-0.15, -0.1) is 0 Å². The number of carboxylic acids is 1. The zero-order chi connectivity index (χ0) is 22.6. The Hall–Kier alpha value is -2.03. The van der Waals surface area contributed by atoms with E-state index in [1.165, 1.54) is 13.8 Å². The number of aliphatic hydroxyl groups is 1. The van der Waals surface area contributed by atoms with E-state index >= 15 is 0 Å². The van der Waals surface area contributed by atoms with Crippen LogP contribution in [0.3, 0.4) is 0 Å². The maximum absolute atomic E-state index is 13.2. The van der Waals surface area contributed by atoms with Gasteiger partial charge in [0, 0.05) is 22.0 Å². The van der Waals surface area contributed by atoms with Gasteiger partial charge in [0.25, 0.3) is 5.60 Å². The quantitative estimate of drug-likeness (QED) is 0.525. The number of aromatic hydroxyl groups is 1. The van der Waals surface area contributed by atoms with Crippen molar-refractivity contribution in [1.29, 1.82) is 0 Å². The second-order valence-corrected chi connectivity index (χ2v) is 7.70. The smallest absolute Gasteiger partial charge is 0.428 e. The highest BCUT2D eigenvalue weighted by Crippen LogP contribution is 2.43. The first-order valence-electron chi connectivity index (χ1n) is 8.03. The van der Waals surface area contributed by atoms with Crippen LogP contribution in [0.1, 0.15) is 25.8 Å². The molecule has 0 saturated heterocycles. The van der Waals surface area contributed by atoms with Gasteiger partial charge in [-0.1, -0.05) is 43.1 Å². The highest BCUT2D eigenvalue weighted by atomic mass is 35.5. The Morgan fingerprint density at radius 2 is 1.55 bits per heavy atom. The first kappa shape index (κ1) is 25.0. The van der Waals surface area contributed by atoms with E-state index < -0.39 is 41.1 Å². The summed E-state index contributed by atoms with van der Waals surface area (Å²) in [6.07, 6.45) is -6.70. The maximum Gasteiger partial charge on any atom is 0.428 e. The lowest BCUT2D eigenvalue weighted by Gasteiger charge is -2.35. The number of benzene rings is 2. The Kier molecular flexibility index (Phi) is 7.93. The van der Waals surface area contributed by atoms with Crippen LogP contribution in [0.5, 0.6) is 5.75 Å². The number of alkyl halides is 3. The van der Waals surface area contributed by atoms with Crippen LogP contribution in [0.15, 0.2) is 42.5 Å². The van der Waals surface area contributed by atoms with Gasteiger partial charge in [-0.3, -0.25) is 0 Å². The lowest BCUT2D eigenvalue weighted by Crippen LogP contribution is -2.55. The van der Waals surface area contributed by atoms with Crippen LogP contribution in [-0.4, -0.2) is 33.1 Å². The maximum atomic E-state index is 13.2. The van der Waals surface area contributed by atoms with E-state index in [2.05, 4.69) is 0 Å². The molecule has 29 heavy (non-hydrogen) atoms. The summed E-state index contributed by atoms with van der Waals surface area (Å²) in [5, 5.41) is 29.2. The lowest BCUT2D eigenvalue weighted by molar-refractivity contribution is -0.265. The van der Waals surface area contributed by atoms with Gasteiger partial charge < -0.3 is 15.3 Å². The molecule has 3 N–H and O–H groups in total. The number of phenolic OH excluding ortho intramolecular Hbond substituents is 1. The van der Waals surface area contributed by atoms with Crippen molar-refractivity contribution >= 4 is 29.2 Å². The number of hydrogen-bond acceptors (Lipinski definition) is 3. The van der Waals surface area contributed by atoms with Gasteiger partial charge in [0.1, 0.15) is 11.6 Å². The monoisotopic (exact) mass is 456 g/mol. The molecule has 10 heteroatoms. The zero-order valence-electron chi connectivity index (χ0n) is 15.3. The Morgan fingerprint density at radius 3 is 1.93 bits per heavy atom. The standard InChI is InChI=1S/C13H14F4O4.C6H4Cl2/c1-11(2,8-5-7(14)3-4-9(8)18)6-12(21,10(19)20)13(15,16)17;7-5-2-1-3-6(8)4-5/h3-5,18,21H,6H2,1-2H3,(H,19,20);1-4H.